The van der Waals surface area contributed by atoms with Crippen LogP contribution in [0.3, 0.4) is 0 Å². The van der Waals surface area contributed by atoms with E-state index in [9.17, 15) is 4.79 Å². The number of halogens is 1. The summed E-state index contributed by atoms with van der Waals surface area (Å²) >= 11 is 7.64. The van der Waals surface area contributed by atoms with Gasteiger partial charge in [0.05, 0.1) is 10.2 Å². The first-order chi connectivity index (χ1) is 9.61. The second-order valence-corrected chi connectivity index (χ2v) is 6.14. The molecule has 0 bridgehead atoms. The van der Waals surface area contributed by atoms with E-state index in [4.69, 9.17) is 11.6 Å². The summed E-state index contributed by atoms with van der Waals surface area (Å²) in [5, 5.41) is 0.756. The Kier molecular flexibility index (Phi) is 3.40. The summed E-state index contributed by atoms with van der Waals surface area (Å²) in [6.45, 7) is 2.12. The van der Waals surface area contributed by atoms with Crippen LogP contribution in [0.5, 0.6) is 0 Å². The zero-order chi connectivity index (χ0) is 14.3. The molecule has 2 aromatic carbocycles. The van der Waals surface area contributed by atoms with Crippen LogP contribution in [0.4, 0.5) is 0 Å². The topological polar surface area (TPSA) is 22.0 Å². The van der Waals surface area contributed by atoms with E-state index in [-0.39, 0.29) is 4.87 Å². The van der Waals surface area contributed by atoms with E-state index in [1.807, 2.05) is 24.3 Å². The Morgan fingerprint density at radius 2 is 2.05 bits per heavy atom. The molecular formula is C16H14ClNOS. The molecule has 0 saturated carbocycles. The van der Waals surface area contributed by atoms with Gasteiger partial charge in [0, 0.05) is 17.6 Å². The summed E-state index contributed by atoms with van der Waals surface area (Å²) < 4.78 is 2.67. The lowest BCUT2D eigenvalue weighted by molar-refractivity contribution is 0.939. The summed E-state index contributed by atoms with van der Waals surface area (Å²) in [6, 6.07) is 12.1. The van der Waals surface area contributed by atoms with E-state index in [1.165, 1.54) is 16.9 Å². The summed E-state index contributed by atoms with van der Waals surface area (Å²) in [6.07, 6.45) is 0.930. The minimum Gasteiger partial charge on any atom is -0.302 e. The smallest absolute Gasteiger partial charge is 0.302 e. The van der Waals surface area contributed by atoms with E-state index >= 15 is 0 Å². The van der Waals surface area contributed by atoms with Gasteiger partial charge in [0.15, 0.2) is 0 Å². The summed E-state index contributed by atoms with van der Waals surface area (Å²) in [4.78, 5) is 11.8. The molecule has 3 rings (SSSR count). The molecule has 0 N–H and O–H groups in total. The SMILES string of the molecule is CCc1cccc(Cl)c1-c1ccc2c(c1)sc(=O)n2C. The Morgan fingerprint density at radius 3 is 2.80 bits per heavy atom. The van der Waals surface area contributed by atoms with Crippen LogP contribution in [-0.4, -0.2) is 4.57 Å². The molecule has 1 heterocycles. The molecule has 3 aromatic rings. The number of thiazole rings is 1. The van der Waals surface area contributed by atoms with Crippen LogP contribution in [0, 0.1) is 0 Å². The zero-order valence-corrected chi connectivity index (χ0v) is 12.9. The normalized spacial score (nSPS) is 11.2. The van der Waals surface area contributed by atoms with Crippen LogP contribution in [0.15, 0.2) is 41.2 Å². The van der Waals surface area contributed by atoms with Crippen molar-refractivity contribution in [3.05, 3.63) is 56.7 Å². The Morgan fingerprint density at radius 1 is 1.25 bits per heavy atom. The Labute approximate surface area is 126 Å². The maximum absolute atomic E-state index is 11.7. The van der Waals surface area contributed by atoms with Gasteiger partial charge in [0.25, 0.3) is 0 Å². The highest BCUT2D eigenvalue weighted by molar-refractivity contribution is 7.16. The second-order valence-electron chi connectivity index (χ2n) is 4.74. The third-order valence-corrected chi connectivity index (χ3v) is 4.87. The van der Waals surface area contributed by atoms with Crippen molar-refractivity contribution in [2.24, 2.45) is 7.05 Å². The van der Waals surface area contributed by atoms with Crippen molar-refractivity contribution in [3.8, 4) is 11.1 Å². The first-order valence-electron chi connectivity index (χ1n) is 6.49. The number of aryl methyl sites for hydroxylation is 2. The third kappa shape index (κ3) is 2.07. The molecule has 0 amide bonds. The van der Waals surface area contributed by atoms with Crippen molar-refractivity contribution >= 4 is 33.2 Å². The number of rotatable bonds is 2. The summed E-state index contributed by atoms with van der Waals surface area (Å²) in [5.74, 6) is 0. The molecule has 4 heteroatoms. The zero-order valence-electron chi connectivity index (χ0n) is 11.3. The van der Waals surface area contributed by atoms with Gasteiger partial charge in [0.2, 0.25) is 0 Å². The Balaban J connectivity index is 2.28. The van der Waals surface area contributed by atoms with Gasteiger partial charge in [-0.3, -0.25) is 4.79 Å². The highest BCUT2D eigenvalue weighted by Crippen LogP contribution is 2.34. The van der Waals surface area contributed by atoms with Crippen molar-refractivity contribution in [2.75, 3.05) is 0 Å². The highest BCUT2D eigenvalue weighted by atomic mass is 35.5. The van der Waals surface area contributed by atoms with E-state index in [1.54, 1.807) is 11.6 Å². The van der Waals surface area contributed by atoms with Crippen LogP contribution in [-0.2, 0) is 13.5 Å². The monoisotopic (exact) mass is 303 g/mol. The van der Waals surface area contributed by atoms with Gasteiger partial charge in [-0.1, -0.05) is 48.1 Å². The van der Waals surface area contributed by atoms with Gasteiger partial charge < -0.3 is 4.57 Å². The van der Waals surface area contributed by atoms with Gasteiger partial charge in [-0.15, -0.1) is 0 Å². The lowest BCUT2D eigenvalue weighted by Crippen LogP contribution is -2.06. The average Bonchev–Trinajstić information content (AvgIpc) is 2.73. The Hall–Kier alpha value is -1.58. The molecule has 2 nitrogen and oxygen atoms in total. The summed E-state index contributed by atoms with van der Waals surface area (Å²) in [5.41, 5.74) is 4.33. The van der Waals surface area contributed by atoms with Crippen molar-refractivity contribution in [1.29, 1.82) is 0 Å². The van der Waals surface area contributed by atoms with Crippen molar-refractivity contribution in [3.63, 3.8) is 0 Å². The molecule has 0 spiro atoms. The molecule has 0 saturated heterocycles. The van der Waals surface area contributed by atoms with E-state index in [0.29, 0.717) is 0 Å². The third-order valence-electron chi connectivity index (χ3n) is 3.56. The summed E-state index contributed by atoms with van der Waals surface area (Å²) in [7, 11) is 1.80. The predicted octanol–water partition coefficient (Wildman–Crippen LogP) is 4.48. The molecular weight excluding hydrogens is 290 g/mol. The molecule has 102 valence electrons. The van der Waals surface area contributed by atoms with Crippen molar-refractivity contribution in [2.45, 2.75) is 13.3 Å². The van der Waals surface area contributed by atoms with Gasteiger partial charge in [-0.25, -0.2) is 0 Å². The number of hydrogen-bond donors (Lipinski definition) is 0. The molecule has 0 unspecified atom stereocenters. The maximum atomic E-state index is 11.7. The van der Waals surface area contributed by atoms with Gasteiger partial charge in [0.1, 0.15) is 0 Å². The fourth-order valence-electron chi connectivity index (χ4n) is 2.48. The van der Waals surface area contributed by atoms with Gasteiger partial charge in [-0.2, -0.15) is 0 Å². The quantitative estimate of drug-likeness (QED) is 0.684. The number of aromatic nitrogens is 1. The number of fused-ring (bicyclic) bond motifs is 1. The molecule has 0 aliphatic carbocycles. The minimum absolute atomic E-state index is 0.0621. The average molecular weight is 304 g/mol. The Bertz CT molecular complexity index is 847. The molecule has 20 heavy (non-hydrogen) atoms. The second kappa shape index (κ2) is 5.08. The molecule has 1 aromatic heterocycles. The van der Waals surface area contributed by atoms with E-state index < -0.39 is 0 Å². The lowest BCUT2D eigenvalue weighted by atomic mass is 9.98. The van der Waals surface area contributed by atoms with E-state index in [2.05, 4.69) is 19.1 Å². The van der Waals surface area contributed by atoms with Crippen LogP contribution in [0.2, 0.25) is 5.02 Å². The standard InChI is InChI=1S/C16H14ClNOS/c1-3-10-5-4-6-12(17)15(10)11-7-8-13-14(9-11)20-16(19)18(13)2/h4-9H,3H2,1-2H3. The predicted molar refractivity (Wildman–Crippen MR) is 86.9 cm³/mol. The molecule has 0 atom stereocenters. The largest absolute Gasteiger partial charge is 0.307 e. The first-order valence-corrected chi connectivity index (χ1v) is 7.68. The number of benzene rings is 2. The lowest BCUT2D eigenvalue weighted by Gasteiger charge is -2.10. The minimum atomic E-state index is 0.0621. The first kappa shape index (κ1) is 13.4. The molecule has 0 aliphatic rings. The molecule has 0 aliphatic heterocycles. The fraction of sp³-hybridized carbons (Fsp3) is 0.188. The van der Waals surface area contributed by atoms with Gasteiger partial charge >= 0.3 is 4.87 Å². The molecule has 0 fully saturated rings. The maximum Gasteiger partial charge on any atom is 0.307 e. The van der Waals surface area contributed by atoms with Gasteiger partial charge in [-0.05, 0) is 35.7 Å². The number of hydrogen-bond acceptors (Lipinski definition) is 2. The molecule has 0 radical (unpaired) electrons. The van der Waals surface area contributed by atoms with Crippen molar-refractivity contribution in [1.82, 2.24) is 4.57 Å². The van der Waals surface area contributed by atoms with Crippen LogP contribution in [0.25, 0.3) is 21.3 Å². The van der Waals surface area contributed by atoms with Crippen LogP contribution < -0.4 is 4.87 Å². The van der Waals surface area contributed by atoms with Crippen LogP contribution >= 0.6 is 22.9 Å². The number of nitrogens with zero attached hydrogens (tertiary/aromatic N) is 1. The van der Waals surface area contributed by atoms with Crippen molar-refractivity contribution < 1.29 is 0 Å². The highest BCUT2D eigenvalue weighted by Gasteiger charge is 2.11. The van der Waals surface area contributed by atoms with Crippen LogP contribution in [0.1, 0.15) is 12.5 Å². The van der Waals surface area contributed by atoms with E-state index in [0.717, 1.165) is 32.8 Å². The fourth-order valence-corrected chi connectivity index (χ4v) is 3.70.